The highest BCUT2D eigenvalue weighted by Crippen LogP contribution is 2.16. The average Bonchev–Trinajstić information content (AvgIpc) is 2.75. The van der Waals surface area contributed by atoms with Gasteiger partial charge < -0.3 is 15.1 Å². The van der Waals surface area contributed by atoms with Gasteiger partial charge in [-0.2, -0.15) is 0 Å². The van der Waals surface area contributed by atoms with Gasteiger partial charge in [0.05, 0.1) is 0 Å². The van der Waals surface area contributed by atoms with Crippen LogP contribution in [-0.4, -0.2) is 55.1 Å². The Morgan fingerprint density at radius 3 is 3.06 bits per heavy atom. The molecule has 1 aliphatic rings. The monoisotopic (exact) mass is 248 g/mol. The van der Waals surface area contributed by atoms with Crippen molar-refractivity contribution >= 4 is 5.82 Å². The molecule has 2 heterocycles. The van der Waals surface area contributed by atoms with E-state index in [2.05, 4.69) is 46.3 Å². The maximum Gasteiger partial charge on any atom is 0.125 e. The van der Waals surface area contributed by atoms with Crippen LogP contribution in [0.5, 0.6) is 0 Å². The minimum absolute atomic E-state index is 0.723. The molecule has 0 aromatic carbocycles. The predicted octanol–water partition coefficient (Wildman–Crippen LogP) is 1.65. The molecular formula is C14H24N4. The van der Waals surface area contributed by atoms with Gasteiger partial charge in [0.1, 0.15) is 5.82 Å². The molecule has 4 nitrogen and oxygen atoms in total. The summed E-state index contributed by atoms with van der Waals surface area (Å²) in [5.74, 6) is 0.943. The third-order valence-electron chi connectivity index (χ3n) is 3.73. The topological polar surface area (TPSA) is 31.4 Å². The molecule has 1 saturated heterocycles. The summed E-state index contributed by atoms with van der Waals surface area (Å²) in [5, 5.41) is 3.08. The van der Waals surface area contributed by atoms with Crippen LogP contribution in [0.15, 0.2) is 18.3 Å². The van der Waals surface area contributed by atoms with Crippen LogP contribution in [0.2, 0.25) is 0 Å². The molecule has 0 radical (unpaired) electrons. The summed E-state index contributed by atoms with van der Waals surface area (Å²) in [6.07, 6.45) is 4.55. The molecule has 0 aliphatic carbocycles. The highest BCUT2D eigenvalue weighted by atomic mass is 15.2. The van der Waals surface area contributed by atoms with Gasteiger partial charge in [0.2, 0.25) is 0 Å². The molecule has 2 rings (SSSR count). The van der Waals surface area contributed by atoms with E-state index in [0.29, 0.717) is 0 Å². The van der Waals surface area contributed by atoms with Gasteiger partial charge in [-0.05, 0) is 51.2 Å². The molecule has 1 aliphatic heterocycles. The second-order valence-electron chi connectivity index (χ2n) is 5.27. The lowest BCUT2D eigenvalue weighted by Gasteiger charge is -2.25. The van der Waals surface area contributed by atoms with Gasteiger partial charge in [-0.1, -0.05) is 0 Å². The Kier molecular flexibility index (Phi) is 4.55. The number of pyridine rings is 1. The second kappa shape index (κ2) is 6.16. The van der Waals surface area contributed by atoms with Crippen molar-refractivity contribution in [3.63, 3.8) is 0 Å². The largest absolute Gasteiger partial charge is 0.373 e. The Bertz CT molecular complexity index is 380. The highest BCUT2D eigenvalue weighted by Gasteiger charge is 2.21. The number of nitrogens with zero attached hydrogens (tertiary/aromatic N) is 3. The highest BCUT2D eigenvalue weighted by molar-refractivity contribution is 5.36. The van der Waals surface area contributed by atoms with Crippen molar-refractivity contribution < 1.29 is 0 Å². The SMILES string of the molecule is CNc1cc(CN(C)CC2CCCN2C)ccn1. The van der Waals surface area contributed by atoms with Crippen LogP contribution in [0.4, 0.5) is 5.82 Å². The average molecular weight is 248 g/mol. The number of likely N-dealkylation sites (tertiary alicyclic amines) is 1. The molecule has 0 bridgehead atoms. The molecule has 0 amide bonds. The lowest BCUT2D eigenvalue weighted by Crippen LogP contribution is -2.36. The zero-order valence-electron chi connectivity index (χ0n) is 11.7. The van der Waals surface area contributed by atoms with E-state index in [9.17, 15) is 0 Å². The minimum atomic E-state index is 0.723. The summed E-state index contributed by atoms with van der Waals surface area (Å²) in [6.45, 7) is 3.38. The van der Waals surface area contributed by atoms with Crippen LogP contribution in [0.3, 0.4) is 0 Å². The van der Waals surface area contributed by atoms with Crippen molar-refractivity contribution in [3.8, 4) is 0 Å². The van der Waals surface area contributed by atoms with Crippen LogP contribution in [0.1, 0.15) is 18.4 Å². The molecule has 1 aromatic rings. The van der Waals surface area contributed by atoms with Crippen molar-refractivity contribution in [3.05, 3.63) is 23.9 Å². The van der Waals surface area contributed by atoms with Gasteiger partial charge in [0.15, 0.2) is 0 Å². The van der Waals surface area contributed by atoms with E-state index in [1.807, 2.05) is 13.2 Å². The number of aromatic nitrogens is 1. The van der Waals surface area contributed by atoms with Gasteiger partial charge in [0.25, 0.3) is 0 Å². The Morgan fingerprint density at radius 2 is 2.39 bits per heavy atom. The zero-order chi connectivity index (χ0) is 13.0. The Morgan fingerprint density at radius 1 is 1.56 bits per heavy atom. The second-order valence-corrected chi connectivity index (χ2v) is 5.27. The van der Waals surface area contributed by atoms with Crippen molar-refractivity contribution in [2.75, 3.05) is 39.5 Å². The van der Waals surface area contributed by atoms with E-state index in [4.69, 9.17) is 0 Å². The number of likely N-dealkylation sites (N-methyl/N-ethyl adjacent to an activating group) is 2. The van der Waals surface area contributed by atoms with E-state index in [0.717, 1.165) is 24.9 Å². The Balaban J connectivity index is 1.88. The molecule has 0 saturated carbocycles. The molecule has 18 heavy (non-hydrogen) atoms. The van der Waals surface area contributed by atoms with Crippen molar-refractivity contribution in [1.82, 2.24) is 14.8 Å². The third-order valence-corrected chi connectivity index (χ3v) is 3.73. The first-order valence-corrected chi connectivity index (χ1v) is 6.70. The molecule has 1 unspecified atom stereocenters. The summed E-state index contributed by atoms with van der Waals surface area (Å²) in [7, 11) is 6.34. The first-order chi connectivity index (χ1) is 8.69. The molecule has 100 valence electrons. The van der Waals surface area contributed by atoms with Gasteiger partial charge in [0, 0.05) is 32.4 Å². The van der Waals surface area contributed by atoms with Crippen LogP contribution >= 0.6 is 0 Å². The number of nitrogens with one attached hydrogen (secondary N) is 1. The maximum atomic E-state index is 4.24. The summed E-state index contributed by atoms with van der Waals surface area (Å²) < 4.78 is 0. The van der Waals surface area contributed by atoms with Crippen LogP contribution in [0, 0.1) is 0 Å². The molecule has 4 heteroatoms. The van der Waals surface area contributed by atoms with Gasteiger partial charge in [-0.25, -0.2) is 4.98 Å². The molecule has 0 spiro atoms. The predicted molar refractivity (Wildman–Crippen MR) is 75.8 cm³/mol. The molecule has 1 fully saturated rings. The number of hydrogen-bond acceptors (Lipinski definition) is 4. The standard InChI is InChI=1S/C14H24N4/c1-15-14-9-12(6-7-16-14)10-17(2)11-13-5-4-8-18(13)3/h6-7,9,13H,4-5,8,10-11H2,1-3H3,(H,15,16). The first kappa shape index (κ1) is 13.3. The van der Waals surface area contributed by atoms with Crippen LogP contribution in [-0.2, 0) is 6.54 Å². The van der Waals surface area contributed by atoms with Crippen molar-refractivity contribution in [2.45, 2.75) is 25.4 Å². The lowest BCUT2D eigenvalue weighted by atomic mass is 10.2. The van der Waals surface area contributed by atoms with E-state index < -0.39 is 0 Å². The van der Waals surface area contributed by atoms with Gasteiger partial charge >= 0.3 is 0 Å². The minimum Gasteiger partial charge on any atom is -0.373 e. The van der Waals surface area contributed by atoms with Crippen LogP contribution < -0.4 is 5.32 Å². The number of rotatable bonds is 5. The fourth-order valence-electron chi connectivity index (χ4n) is 2.66. The van der Waals surface area contributed by atoms with E-state index >= 15 is 0 Å². The summed E-state index contributed by atoms with van der Waals surface area (Å²) >= 11 is 0. The van der Waals surface area contributed by atoms with Gasteiger partial charge in [-0.3, -0.25) is 0 Å². The number of anilines is 1. The summed E-state index contributed by atoms with van der Waals surface area (Å²) in [4.78, 5) is 9.12. The smallest absolute Gasteiger partial charge is 0.125 e. The molecule has 1 atom stereocenters. The van der Waals surface area contributed by atoms with Gasteiger partial charge in [-0.15, -0.1) is 0 Å². The summed E-state index contributed by atoms with van der Waals surface area (Å²) in [5.41, 5.74) is 1.32. The Labute approximate surface area is 110 Å². The zero-order valence-corrected chi connectivity index (χ0v) is 11.7. The number of hydrogen-bond donors (Lipinski definition) is 1. The van der Waals surface area contributed by atoms with E-state index in [1.54, 1.807) is 0 Å². The van der Waals surface area contributed by atoms with Crippen molar-refractivity contribution in [1.29, 1.82) is 0 Å². The lowest BCUT2D eigenvalue weighted by molar-refractivity contribution is 0.215. The fourth-order valence-corrected chi connectivity index (χ4v) is 2.66. The van der Waals surface area contributed by atoms with Crippen molar-refractivity contribution in [2.24, 2.45) is 0 Å². The van der Waals surface area contributed by atoms with E-state index in [1.165, 1.54) is 24.9 Å². The third kappa shape index (κ3) is 3.43. The molecule has 1 aromatic heterocycles. The molecular weight excluding hydrogens is 224 g/mol. The van der Waals surface area contributed by atoms with E-state index in [-0.39, 0.29) is 0 Å². The Hall–Kier alpha value is -1.13. The quantitative estimate of drug-likeness (QED) is 0.858. The normalized spacial score (nSPS) is 20.6. The summed E-state index contributed by atoms with van der Waals surface area (Å²) in [6, 6.07) is 4.94. The molecule has 1 N–H and O–H groups in total. The maximum absolute atomic E-state index is 4.24. The first-order valence-electron chi connectivity index (χ1n) is 6.70. The van der Waals surface area contributed by atoms with Crippen LogP contribution in [0.25, 0.3) is 0 Å². The fraction of sp³-hybridized carbons (Fsp3) is 0.643.